The summed E-state index contributed by atoms with van der Waals surface area (Å²) >= 11 is 0. The second kappa shape index (κ2) is 12.3. The number of ether oxygens (including phenoxy) is 1. The normalized spacial score (nSPS) is 19.8. The minimum atomic E-state index is -0.573. The highest BCUT2D eigenvalue weighted by Gasteiger charge is 2.59. The number of carbonyl (C=O) groups excluding carboxylic acids is 1. The molecule has 0 N–H and O–H groups in total. The molecule has 0 bridgehead atoms. The molecule has 4 rings (SSSR count). The number of benzene rings is 2. The van der Waals surface area contributed by atoms with E-state index in [1.54, 1.807) is 0 Å². The molecule has 2 fully saturated rings. The molecule has 0 aromatic heterocycles. The Bertz CT molecular complexity index is 1190. The van der Waals surface area contributed by atoms with Crippen molar-refractivity contribution < 1.29 is 9.53 Å². The van der Waals surface area contributed by atoms with Crippen LogP contribution >= 0.6 is 0 Å². The Morgan fingerprint density at radius 1 is 0.651 bits per heavy atom. The number of nitrogens with zero attached hydrogens (tertiary/aromatic N) is 1. The van der Waals surface area contributed by atoms with Crippen molar-refractivity contribution in [1.29, 1.82) is 0 Å². The predicted octanol–water partition coefficient (Wildman–Crippen LogP) is 10.6. The van der Waals surface area contributed by atoms with Crippen LogP contribution in [0, 0.1) is 5.41 Å². The molecule has 2 aromatic carbocycles. The quantitative estimate of drug-likeness (QED) is 0.277. The molecule has 0 aliphatic carbocycles. The average Bonchev–Trinajstić information content (AvgIpc) is 3.35. The van der Waals surface area contributed by atoms with Crippen LogP contribution in [0.2, 0.25) is 0 Å². The van der Waals surface area contributed by atoms with E-state index in [0.29, 0.717) is 42.1 Å². The van der Waals surface area contributed by atoms with Crippen molar-refractivity contribution >= 4 is 5.91 Å². The number of fused-ring (bicyclic) bond motifs is 1. The van der Waals surface area contributed by atoms with E-state index in [1.165, 1.54) is 44.5 Å². The summed E-state index contributed by atoms with van der Waals surface area (Å²) in [5.74, 6) is 2.79. The summed E-state index contributed by atoms with van der Waals surface area (Å²) in [6.07, 6.45) is 2.42. The number of hydrogen-bond acceptors (Lipinski definition) is 2. The van der Waals surface area contributed by atoms with Gasteiger partial charge in [0.2, 0.25) is 5.91 Å². The van der Waals surface area contributed by atoms with Gasteiger partial charge >= 0.3 is 0 Å². The van der Waals surface area contributed by atoms with Gasteiger partial charge in [0.15, 0.2) is 0 Å². The van der Waals surface area contributed by atoms with E-state index in [9.17, 15) is 0 Å². The Morgan fingerprint density at radius 2 is 1.00 bits per heavy atom. The van der Waals surface area contributed by atoms with Crippen molar-refractivity contribution in [2.24, 2.45) is 5.41 Å². The van der Waals surface area contributed by atoms with Crippen LogP contribution < -0.4 is 0 Å². The third-order valence-electron chi connectivity index (χ3n) is 10.4. The first-order valence-corrected chi connectivity index (χ1v) is 17.2. The fraction of sp³-hybridized carbons (Fsp3) is 0.675. The fourth-order valence-electron chi connectivity index (χ4n) is 7.89. The molecule has 2 saturated heterocycles. The maximum Gasteiger partial charge on any atom is 0.232 e. The minimum absolute atomic E-state index is 0.127. The second-order valence-electron chi connectivity index (χ2n) is 16.2. The Labute approximate surface area is 264 Å². The predicted molar refractivity (Wildman–Crippen MR) is 183 cm³/mol. The van der Waals surface area contributed by atoms with E-state index in [-0.39, 0.29) is 11.9 Å². The minimum Gasteiger partial charge on any atom is -0.354 e. The molecule has 0 spiro atoms. The van der Waals surface area contributed by atoms with Crippen LogP contribution in [0.25, 0.3) is 0 Å². The molecule has 3 heteroatoms. The lowest BCUT2D eigenvalue weighted by molar-refractivity contribution is -0.150. The lowest BCUT2D eigenvalue weighted by atomic mass is 9.68. The van der Waals surface area contributed by atoms with Crippen molar-refractivity contribution in [2.75, 3.05) is 6.61 Å². The van der Waals surface area contributed by atoms with Crippen molar-refractivity contribution in [3.63, 3.8) is 0 Å². The largest absolute Gasteiger partial charge is 0.354 e. The second-order valence-corrected chi connectivity index (χ2v) is 16.2. The summed E-state index contributed by atoms with van der Waals surface area (Å²) in [4.78, 5) is 17.2. The first-order valence-electron chi connectivity index (χ1n) is 17.2. The molecule has 2 heterocycles. The molecular formula is C40H61NO2. The van der Waals surface area contributed by atoms with E-state index < -0.39 is 11.1 Å². The number of hydrogen-bond donors (Lipinski definition) is 0. The van der Waals surface area contributed by atoms with Gasteiger partial charge < -0.3 is 9.64 Å². The number of amides is 1. The summed E-state index contributed by atoms with van der Waals surface area (Å²) in [6.45, 7) is 32.5. The molecule has 1 amide bonds. The Morgan fingerprint density at radius 3 is 1.28 bits per heavy atom. The molecule has 238 valence electrons. The van der Waals surface area contributed by atoms with Crippen molar-refractivity contribution in [3.05, 3.63) is 68.8 Å². The first kappa shape index (κ1) is 33.8. The average molecular weight is 588 g/mol. The van der Waals surface area contributed by atoms with E-state index in [4.69, 9.17) is 4.74 Å². The van der Waals surface area contributed by atoms with Crippen molar-refractivity contribution in [3.8, 4) is 0 Å². The summed E-state index contributed by atoms with van der Waals surface area (Å²) in [5.41, 5.74) is 10.3. The standard InChI is InChI=1S/C40H61NO2/c1-23(2)29-15-32(25(5)6)36(33(16-29)26(7)8)20-40(19-31-22-43-39(13,14)41(31)38(40)42)21-37-34(27(9)10)17-30(24(3)4)18-35(37)28(11)12/h15-18,23-28,31H,19-22H2,1-14H3/t31-/m0/s1. The van der Waals surface area contributed by atoms with Crippen LogP contribution in [0.4, 0.5) is 0 Å². The summed E-state index contributed by atoms with van der Waals surface area (Å²) < 4.78 is 6.21. The lowest BCUT2D eigenvalue weighted by Gasteiger charge is -2.37. The number of rotatable bonds is 10. The molecule has 1 atom stereocenters. The highest BCUT2D eigenvalue weighted by Crippen LogP contribution is 2.51. The zero-order valence-electron chi connectivity index (χ0n) is 29.9. The first-order chi connectivity index (χ1) is 19.9. The monoisotopic (exact) mass is 587 g/mol. The van der Waals surface area contributed by atoms with Crippen molar-refractivity contribution in [1.82, 2.24) is 4.90 Å². The van der Waals surface area contributed by atoms with Gasteiger partial charge in [-0.25, -0.2) is 0 Å². The lowest BCUT2D eigenvalue weighted by Crippen LogP contribution is -2.47. The van der Waals surface area contributed by atoms with Gasteiger partial charge in [0, 0.05) is 0 Å². The molecule has 2 aromatic rings. The van der Waals surface area contributed by atoms with Gasteiger partial charge in [-0.3, -0.25) is 4.79 Å². The van der Waals surface area contributed by atoms with Crippen LogP contribution in [0.1, 0.15) is 183 Å². The molecule has 0 saturated carbocycles. The van der Waals surface area contributed by atoms with E-state index in [2.05, 4.69) is 126 Å². The third kappa shape index (κ3) is 6.35. The summed E-state index contributed by atoms with van der Waals surface area (Å²) in [5, 5.41) is 0. The Hall–Kier alpha value is -2.13. The van der Waals surface area contributed by atoms with Gasteiger partial charge in [0.1, 0.15) is 5.72 Å². The van der Waals surface area contributed by atoms with Gasteiger partial charge in [0.05, 0.1) is 18.1 Å². The van der Waals surface area contributed by atoms with E-state index >= 15 is 4.79 Å². The molecular weight excluding hydrogens is 526 g/mol. The molecule has 2 aliphatic rings. The smallest absolute Gasteiger partial charge is 0.232 e. The van der Waals surface area contributed by atoms with Gasteiger partial charge in [0.25, 0.3) is 0 Å². The molecule has 0 unspecified atom stereocenters. The zero-order valence-corrected chi connectivity index (χ0v) is 29.9. The molecule has 2 aliphatic heterocycles. The summed E-state index contributed by atoms with van der Waals surface area (Å²) in [7, 11) is 0. The van der Waals surface area contributed by atoms with Crippen LogP contribution in [-0.2, 0) is 22.4 Å². The topological polar surface area (TPSA) is 29.5 Å². The Kier molecular flexibility index (Phi) is 9.69. The van der Waals surface area contributed by atoms with Crippen LogP contribution in [0.15, 0.2) is 24.3 Å². The highest BCUT2D eigenvalue weighted by molar-refractivity contribution is 5.87. The number of carbonyl (C=O) groups is 1. The van der Waals surface area contributed by atoms with Gasteiger partial charge in [-0.1, -0.05) is 107 Å². The molecule has 3 nitrogen and oxygen atoms in total. The maximum atomic E-state index is 15.1. The maximum absolute atomic E-state index is 15.1. The van der Waals surface area contributed by atoms with E-state index in [0.717, 1.165) is 19.3 Å². The van der Waals surface area contributed by atoms with Crippen LogP contribution in [0.5, 0.6) is 0 Å². The fourth-order valence-corrected chi connectivity index (χ4v) is 7.89. The van der Waals surface area contributed by atoms with Crippen LogP contribution in [-0.4, -0.2) is 29.2 Å². The van der Waals surface area contributed by atoms with Gasteiger partial charge in [-0.05, 0) is 113 Å². The van der Waals surface area contributed by atoms with Crippen molar-refractivity contribution in [2.45, 2.75) is 163 Å². The molecule has 43 heavy (non-hydrogen) atoms. The van der Waals surface area contributed by atoms with E-state index in [1.807, 2.05) is 0 Å². The third-order valence-corrected chi connectivity index (χ3v) is 10.4. The van der Waals surface area contributed by atoms with Crippen LogP contribution in [0.3, 0.4) is 0 Å². The highest BCUT2D eigenvalue weighted by atomic mass is 16.5. The zero-order chi connectivity index (χ0) is 32.2. The SMILES string of the molecule is CC(C)c1cc(C(C)C)c(CC2(Cc3c(C(C)C)cc(C(C)C)cc3C(C)C)C[C@H]3COC(C)(C)N3C2=O)c(C(C)C)c1. The summed E-state index contributed by atoms with van der Waals surface area (Å²) in [6, 6.07) is 9.94. The Balaban J connectivity index is 1.99. The molecule has 0 radical (unpaired) electrons. The van der Waals surface area contributed by atoms with Gasteiger partial charge in [-0.2, -0.15) is 0 Å². The van der Waals surface area contributed by atoms with Gasteiger partial charge in [-0.15, -0.1) is 0 Å².